The third-order valence-electron chi connectivity index (χ3n) is 3.15. The first-order valence-corrected chi connectivity index (χ1v) is 8.65. The average molecular weight is 356 g/mol. The molecule has 116 valence electrons. The minimum Gasteiger partial charge on any atom is -0.379 e. The highest BCUT2D eigenvalue weighted by Crippen LogP contribution is 2.27. The van der Waals surface area contributed by atoms with Gasteiger partial charge in [-0.25, -0.2) is 12.8 Å². The third kappa shape index (κ3) is 3.66. The Balaban J connectivity index is 2.40. The molecule has 1 aliphatic rings. The number of halogens is 3. The van der Waals surface area contributed by atoms with Gasteiger partial charge in [0.1, 0.15) is 4.90 Å². The highest BCUT2D eigenvalue weighted by molar-refractivity contribution is 8.13. The Morgan fingerprint density at radius 1 is 1.48 bits per heavy atom. The number of nitrogens with one attached hydrogen (secondary N) is 1. The molecule has 1 unspecified atom stereocenters. The Morgan fingerprint density at radius 2 is 2.14 bits per heavy atom. The van der Waals surface area contributed by atoms with Gasteiger partial charge in [-0.1, -0.05) is 11.6 Å². The van der Waals surface area contributed by atoms with Gasteiger partial charge in [-0.15, -0.1) is 0 Å². The van der Waals surface area contributed by atoms with E-state index in [1.54, 1.807) is 6.92 Å². The van der Waals surface area contributed by atoms with Gasteiger partial charge in [-0.3, -0.25) is 4.79 Å². The van der Waals surface area contributed by atoms with Crippen LogP contribution >= 0.6 is 22.3 Å². The molecular weight excluding hydrogens is 344 g/mol. The van der Waals surface area contributed by atoms with E-state index < -0.39 is 36.8 Å². The monoisotopic (exact) mass is 355 g/mol. The molecule has 0 radical (unpaired) electrons. The van der Waals surface area contributed by atoms with Crippen molar-refractivity contribution in [2.24, 2.45) is 0 Å². The molecule has 1 fully saturated rings. The summed E-state index contributed by atoms with van der Waals surface area (Å²) >= 11 is 5.73. The van der Waals surface area contributed by atoms with E-state index in [1.807, 2.05) is 0 Å². The van der Waals surface area contributed by atoms with Crippen LogP contribution < -0.4 is 5.32 Å². The SMILES string of the molecule is CC1(NC(=O)c2cc(Cl)cc(S(=O)(=O)Cl)c2F)CCOC1. The maximum Gasteiger partial charge on any atom is 0.264 e. The van der Waals surface area contributed by atoms with Crippen LogP contribution in [-0.2, 0) is 13.8 Å². The normalized spacial score (nSPS) is 22.3. The maximum absolute atomic E-state index is 14.2. The van der Waals surface area contributed by atoms with E-state index in [-0.39, 0.29) is 5.02 Å². The van der Waals surface area contributed by atoms with Crippen LogP contribution in [0.1, 0.15) is 23.7 Å². The molecule has 1 aromatic rings. The fraction of sp³-hybridized carbons (Fsp3) is 0.417. The lowest BCUT2D eigenvalue weighted by Crippen LogP contribution is -2.46. The molecule has 1 aromatic carbocycles. The van der Waals surface area contributed by atoms with Crippen molar-refractivity contribution in [2.75, 3.05) is 13.2 Å². The van der Waals surface area contributed by atoms with Crippen molar-refractivity contribution in [3.63, 3.8) is 0 Å². The number of benzene rings is 1. The first-order valence-electron chi connectivity index (χ1n) is 5.96. The van der Waals surface area contributed by atoms with E-state index in [4.69, 9.17) is 27.0 Å². The topological polar surface area (TPSA) is 72.5 Å². The summed E-state index contributed by atoms with van der Waals surface area (Å²) < 4.78 is 42.0. The largest absolute Gasteiger partial charge is 0.379 e. The molecule has 1 N–H and O–H groups in total. The molecule has 21 heavy (non-hydrogen) atoms. The van der Waals surface area contributed by atoms with E-state index in [1.165, 1.54) is 0 Å². The minimum atomic E-state index is -4.35. The lowest BCUT2D eigenvalue weighted by atomic mass is 10.0. The fourth-order valence-electron chi connectivity index (χ4n) is 2.01. The van der Waals surface area contributed by atoms with Crippen LogP contribution in [0.3, 0.4) is 0 Å². The number of carbonyl (C=O) groups excluding carboxylic acids is 1. The maximum atomic E-state index is 14.2. The van der Waals surface area contributed by atoms with E-state index in [0.29, 0.717) is 19.6 Å². The molecule has 9 heteroatoms. The van der Waals surface area contributed by atoms with Crippen LogP contribution in [0.5, 0.6) is 0 Å². The van der Waals surface area contributed by atoms with E-state index in [0.717, 1.165) is 12.1 Å². The molecule has 0 bridgehead atoms. The second-order valence-electron chi connectivity index (χ2n) is 5.02. The van der Waals surface area contributed by atoms with Crippen LogP contribution in [0, 0.1) is 5.82 Å². The molecule has 5 nitrogen and oxygen atoms in total. The lowest BCUT2D eigenvalue weighted by Gasteiger charge is -2.23. The second kappa shape index (κ2) is 5.72. The molecular formula is C12H12Cl2FNO4S. The van der Waals surface area contributed by atoms with Gasteiger partial charge in [0.25, 0.3) is 15.0 Å². The summed E-state index contributed by atoms with van der Waals surface area (Å²) in [6.45, 7) is 2.53. The first kappa shape index (κ1) is 16.5. The van der Waals surface area contributed by atoms with Crippen LogP contribution in [0.4, 0.5) is 4.39 Å². The number of ether oxygens (including phenoxy) is 1. The quantitative estimate of drug-likeness (QED) is 0.844. The summed E-state index contributed by atoms with van der Waals surface area (Å²) in [6.07, 6.45) is 0.571. The van der Waals surface area contributed by atoms with Gasteiger partial charge in [0, 0.05) is 22.3 Å². The third-order valence-corrected chi connectivity index (χ3v) is 4.68. The standard InChI is InChI=1S/C12H12Cl2FNO4S/c1-12(2-3-20-6-12)16-11(17)8-4-7(13)5-9(10(8)15)21(14,18)19/h4-5H,2-3,6H2,1H3,(H,16,17). The van der Waals surface area contributed by atoms with Crippen molar-refractivity contribution in [3.8, 4) is 0 Å². The first-order chi connectivity index (χ1) is 9.62. The predicted octanol–water partition coefficient (Wildman–Crippen LogP) is 2.32. The number of carbonyl (C=O) groups is 1. The highest BCUT2D eigenvalue weighted by atomic mass is 35.7. The van der Waals surface area contributed by atoms with Crippen molar-refractivity contribution in [1.29, 1.82) is 0 Å². The zero-order valence-electron chi connectivity index (χ0n) is 11.0. The van der Waals surface area contributed by atoms with Crippen molar-refractivity contribution >= 4 is 37.2 Å². The summed E-state index contributed by atoms with van der Waals surface area (Å²) in [7, 11) is 0.786. The van der Waals surface area contributed by atoms with Crippen LogP contribution in [0.2, 0.25) is 5.02 Å². The van der Waals surface area contributed by atoms with Gasteiger partial charge in [0.2, 0.25) is 0 Å². The molecule has 1 saturated heterocycles. The summed E-state index contributed by atoms with van der Waals surface area (Å²) in [5.74, 6) is -2.00. The summed E-state index contributed by atoms with van der Waals surface area (Å²) in [5.41, 5.74) is -1.11. The summed E-state index contributed by atoms with van der Waals surface area (Å²) in [5, 5.41) is 2.51. The number of rotatable bonds is 3. The zero-order chi connectivity index (χ0) is 15.8. The molecule has 1 amide bonds. The van der Waals surface area contributed by atoms with Gasteiger partial charge in [-0.05, 0) is 25.5 Å². The summed E-state index contributed by atoms with van der Waals surface area (Å²) in [6, 6.07) is 1.91. The molecule has 1 atom stereocenters. The summed E-state index contributed by atoms with van der Waals surface area (Å²) in [4.78, 5) is 11.3. The second-order valence-corrected chi connectivity index (χ2v) is 7.99. The Hall–Kier alpha value is -0.890. The van der Waals surface area contributed by atoms with Crippen molar-refractivity contribution in [1.82, 2.24) is 5.32 Å². The van der Waals surface area contributed by atoms with Gasteiger partial charge in [0.15, 0.2) is 5.82 Å². The van der Waals surface area contributed by atoms with Gasteiger partial charge in [0.05, 0.1) is 17.7 Å². The van der Waals surface area contributed by atoms with Crippen molar-refractivity contribution in [3.05, 3.63) is 28.5 Å². The lowest BCUT2D eigenvalue weighted by molar-refractivity contribution is 0.0885. The van der Waals surface area contributed by atoms with E-state index >= 15 is 0 Å². The predicted molar refractivity (Wildman–Crippen MR) is 75.8 cm³/mol. The van der Waals surface area contributed by atoms with Gasteiger partial charge >= 0.3 is 0 Å². The van der Waals surface area contributed by atoms with Crippen LogP contribution in [-0.4, -0.2) is 33.1 Å². The molecule has 1 aliphatic heterocycles. The van der Waals surface area contributed by atoms with Crippen molar-refractivity contribution < 1.29 is 22.3 Å². The smallest absolute Gasteiger partial charge is 0.264 e. The molecule has 0 aromatic heterocycles. The average Bonchev–Trinajstić information content (AvgIpc) is 2.76. The highest BCUT2D eigenvalue weighted by Gasteiger charge is 2.33. The van der Waals surface area contributed by atoms with Crippen LogP contribution in [0.15, 0.2) is 17.0 Å². The number of amides is 1. The Morgan fingerprint density at radius 3 is 2.67 bits per heavy atom. The minimum absolute atomic E-state index is 0.103. The van der Waals surface area contributed by atoms with Crippen molar-refractivity contribution in [2.45, 2.75) is 23.8 Å². The van der Waals surface area contributed by atoms with Gasteiger partial charge < -0.3 is 10.1 Å². The zero-order valence-corrected chi connectivity index (χ0v) is 13.3. The number of hydrogen-bond acceptors (Lipinski definition) is 4. The Bertz CT molecular complexity index is 687. The number of hydrogen-bond donors (Lipinski definition) is 1. The van der Waals surface area contributed by atoms with E-state index in [2.05, 4.69) is 5.32 Å². The fourth-order valence-corrected chi connectivity index (χ4v) is 3.23. The molecule has 0 saturated carbocycles. The van der Waals surface area contributed by atoms with Gasteiger partial charge in [-0.2, -0.15) is 0 Å². The molecule has 0 spiro atoms. The van der Waals surface area contributed by atoms with E-state index in [9.17, 15) is 17.6 Å². The van der Waals surface area contributed by atoms with Crippen LogP contribution in [0.25, 0.3) is 0 Å². The Labute approximate surface area is 130 Å². The molecule has 2 rings (SSSR count). The molecule has 1 heterocycles. The Kier molecular flexibility index (Phi) is 4.49. The molecule has 0 aliphatic carbocycles.